The van der Waals surface area contributed by atoms with Crippen molar-refractivity contribution >= 4 is 28.4 Å². The van der Waals surface area contributed by atoms with Crippen LogP contribution in [0.1, 0.15) is 51.4 Å². The second-order valence-electron chi connectivity index (χ2n) is 6.07. The fraction of sp³-hybridized carbons (Fsp3) is 0.190. The average molecular weight is 430 g/mol. The molecular formula is C21H19IO2. The van der Waals surface area contributed by atoms with E-state index in [2.05, 4.69) is 78.0 Å². The van der Waals surface area contributed by atoms with Crippen LogP contribution in [0.5, 0.6) is 0 Å². The highest BCUT2D eigenvalue weighted by molar-refractivity contribution is 14.1. The molecule has 0 aliphatic carbocycles. The third kappa shape index (κ3) is 3.46. The van der Waals surface area contributed by atoms with E-state index in [4.69, 9.17) is 4.42 Å². The Morgan fingerprint density at radius 2 is 1.50 bits per heavy atom. The van der Waals surface area contributed by atoms with Crippen molar-refractivity contribution in [3.8, 4) is 0 Å². The Morgan fingerprint density at radius 1 is 0.958 bits per heavy atom. The van der Waals surface area contributed by atoms with Crippen molar-refractivity contribution in [3.05, 3.63) is 91.9 Å². The van der Waals surface area contributed by atoms with E-state index in [-0.39, 0.29) is 11.7 Å². The van der Waals surface area contributed by atoms with Gasteiger partial charge in [0, 0.05) is 3.57 Å². The summed E-state index contributed by atoms with van der Waals surface area (Å²) in [6, 6.07) is 18.8. The van der Waals surface area contributed by atoms with Gasteiger partial charge in [0.1, 0.15) is 11.5 Å². The molecule has 1 unspecified atom stereocenters. The van der Waals surface area contributed by atoms with Gasteiger partial charge in [-0.3, -0.25) is 4.79 Å². The van der Waals surface area contributed by atoms with Gasteiger partial charge in [0.05, 0.1) is 11.5 Å². The van der Waals surface area contributed by atoms with Crippen LogP contribution in [-0.2, 0) is 0 Å². The predicted octanol–water partition coefficient (Wildman–Crippen LogP) is 5.88. The highest BCUT2D eigenvalue weighted by atomic mass is 127. The minimum absolute atomic E-state index is 0.0191. The van der Waals surface area contributed by atoms with E-state index in [1.54, 1.807) is 6.92 Å². The van der Waals surface area contributed by atoms with Gasteiger partial charge in [0.25, 0.3) is 0 Å². The minimum atomic E-state index is -0.0191. The zero-order valence-electron chi connectivity index (χ0n) is 14.0. The number of aryl methyl sites for hydroxylation is 2. The summed E-state index contributed by atoms with van der Waals surface area (Å²) in [6.07, 6.45) is 0. The molecule has 1 atom stereocenters. The fourth-order valence-electron chi connectivity index (χ4n) is 2.93. The molecule has 24 heavy (non-hydrogen) atoms. The molecule has 1 heterocycles. The van der Waals surface area contributed by atoms with Crippen LogP contribution in [0.4, 0.5) is 0 Å². The molecule has 0 saturated carbocycles. The number of rotatable bonds is 4. The first kappa shape index (κ1) is 17.0. The molecule has 0 radical (unpaired) electrons. The first-order valence-electron chi connectivity index (χ1n) is 7.89. The average Bonchev–Trinajstić information content (AvgIpc) is 2.93. The van der Waals surface area contributed by atoms with Gasteiger partial charge in [-0.2, -0.15) is 0 Å². The van der Waals surface area contributed by atoms with E-state index in [0.717, 1.165) is 16.9 Å². The van der Waals surface area contributed by atoms with Crippen LogP contribution >= 0.6 is 22.6 Å². The smallest absolute Gasteiger partial charge is 0.163 e. The molecule has 0 aliphatic rings. The number of carbonyl (C=O) groups is 1. The summed E-state index contributed by atoms with van der Waals surface area (Å²) >= 11 is 2.30. The second kappa shape index (κ2) is 6.93. The van der Waals surface area contributed by atoms with Crippen molar-refractivity contribution < 1.29 is 9.21 Å². The van der Waals surface area contributed by atoms with E-state index >= 15 is 0 Å². The second-order valence-corrected chi connectivity index (χ2v) is 7.32. The number of ketones is 1. The van der Waals surface area contributed by atoms with Crippen LogP contribution in [0.15, 0.2) is 59.0 Å². The molecule has 0 aliphatic heterocycles. The topological polar surface area (TPSA) is 30.2 Å². The molecule has 1 aromatic heterocycles. The zero-order chi connectivity index (χ0) is 17.3. The maximum absolute atomic E-state index is 11.8. The van der Waals surface area contributed by atoms with Gasteiger partial charge in [-0.1, -0.05) is 42.0 Å². The molecule has 2 aromatic carbocycles. The van der Waals surface area contributed by atoms with E-state index in [9.17, 15) is 4.79 Å². The molecule has 0 N–H and O–H groups in total. The number of furan rings is 1. The number of carbonyl (C=O) groups excluding carboxylic acids is 1. The highest BCUT2D eigenvalue weighted by Crippen LogP contribution is 2.34. The summed E-state index contributed by atoms with van der Waals surface area (Å²) < 4.78 is 7.18. The SMILES string of the molecule is CC(=O)c1cc(C(c2ccc(C)cc2)c2ccc(I)cc2)oc1C. The van der Waals surface area contributed by atoms with Crippen LogP contribution < -0.4 is 0 Å². The third-order valence-corrected chi connectivity index (χ3v) is 4.93. The molecule has 0 fully saturated rings. The first-order chi connectivity index (χ1) is 11.5. The number of benzene rings is 2. The minimum Gasteiger partial charge on any atom is -0.465 e. The Hall–Kier alpha value is -1.88. The molecule has 2 nitrogen and oxygen atoms in total. The largest absolute Gasteiger partial charge is 0.465 e. The van der Waals surface area contributed by atoms with Crippen molar-refractivity contribution in [1.82, 2.24) is 0 Å². The molecule has 3 rings (SSSR count). The van der Waals surface area contributed by atoms with Gasteiger partial charge in [0.2, 0.25) is 0 Å². The van der Waals surface area contributed by atoms with Crippen molar-refractivity contribution in [2.24, 2.45) is 0 Å². The zero-order valence-corrected chi connectivity index (χ0v) is 16.1. The van der Waals surface area contributed by atoms with Gasteiger partial charge in [-0.25, -0.2) is 0 Å². The van der Waals surface area contributed by atoms with Crippen LogP contribution in [0, 0.1) is 17.4 Å². The van der Waals surface area contributed by atoms with Crippen LogP contribution in [0.2, 0.25) is 0 Å². The molecule has 3 heteroatoms. The van der Waals surface area contributed by atoms with Crippen LogP contribution in [-0.4, -0.2) is 5.78 Å². The Morgan fingerprint density at radius 3 is 2.00 bits per heavy atom. The maximum Gasteiger partial charge on any atom is 0.163 e. The summed E-state index contributed by atoms with van der Waals surface area (Å²) in [4.78, 5) is 11.8. The predicted molar refractivity (Wildman–Crippen MR) is 105 cm³/mol. The van der Waals surface area contributed by atoms with Crippen molar-refractivity contribution in [2.75, 3.05) is 0 Å². The van der Waals surface area contributed by atoms with Gasteiger partial charge < -0.3 is 4.42 Å². The highest BCUT2D eigenvalue weighted by Gasteiger charge is 2.23. The van der Waals surface area contributed by atoms with E-state index < -0.39 is 0 Å². The van der Waals surface area contributed by atoms with E-state index in [0.29, 0.717) is 11.3 Å². The maximum atomic E-state index is 11.8. The molecule has 0 bridgehead atoms. The Kier molecular flexibility index (Phi) is 4.90. The number of Topliss-reactive ketones (excluding diaryl/α,β-unsaturated/α-hetero) is 1. The van der Waals surface area contributed by atoms with Crippen molar-refractivity contribution in [3.63, 3.8) is 0 Å². The molecule has 0 amide bonds. The van der Waals surface area contributed by atoms with Crippen molar-refractivity contribution in [1.29, 1.82) is 0 Å². The van der Waals surface area contributed by atoms with Gasteiger partial charge in [-0.15, -0.1) is 0 Å². The number of hydrogen-bond donors (Lipinski definition) is 0. The van der Waals surface area contributed by atoms with Crippen LogP contribution in [0.3, 0.4) is 0 Å². The summed E-state index contributed by atoms with van der Waals surface area (Å²) in [5, 5.41) is 0. The number of halogens is 1. The molecular weight excluding hydrogens is 411 g/mol. The van der Waals surface area contributed by atoms with Gasteiger partial charge >= 0.3 is 0 Å². The van der Waals surface area contributed by atoms with E-state index in [1.807, 2.05) is 13.0 Å². The normalized spacial score (nSPS) is 12.2. The number of hydrogen-bond acceptors (Lipinski definition) is 2. The lowest BCUT2D eigenvalue weighted by Gasteiger charge is -2.16. The standard InChI is InChI=1S/C21H19IO2/c1-13-4-6-16(7-5-13)21(17-8-10-18(22)11-9-17)20-12-19(14(2)23)15(3)24-20/h4-12,21H,1-3H3. The monoisotopic (exact) mass is 430 g/mol. The van der Waals surface area contributed by atoms with Crippen molar-refractivity contribution in [2.45, 2.75) is 26.7 Å². The Labute approximate surface area is 156 Å². The summed E-state index contributed by atoms with van der Waals surface area (Å²) in [5.41, 5.74) is 4.20. The summed E-state index contributed by atoms with van der Waals surface area (Å²) in [5.74, 6) is 1.50. The lowest BCUT2D eigenvalue weighted by atomic mass is 9.88. The lowest BCUT2D eigenvalue weighted by molar-refractivity contribution is 0.101. The Bertz CT molecular complexity index is 812. The van der Waals surface area contributed by atoms with Gasteiger partial charge in [-0.05, 0) is 72.7 Å². The molecule has 122 valence electrons. The van der Waals surface area contributed by atoms with Crippen LogP contribution in [0.25, 0.3) is 0 Å². The van der Waals surface area contributed by atoms with E-state index in [1.165, 1.54) is 9.13 Å². The fourth-order valence-corrected chi connectivity index (χ4v) is 3.29. The molecule has 3 aromatic rings. The summed E-state index contributed by atoms with van der Waals surface area (Å²) in [7, 11) is 0. The first-order valence-corrected chi connectivity index (χ1v) is 8.97. The third-order valence-electron chi connectivity index (χ3n) is 4.21. The molecule has 0 spiro atoms. The quantitative estimate of drug-likeness (QED) is 0.382. The Balaban J connectivity index is 2.14. The summed E-state index contributed by atoms with van der Waals surface area (Å²) in [6.45, 7) is 5.50. The lowest BCUT2D eigenvalue weighted by Crippen LogP contribution is -2.02. The van der Waals surface area contributed by atoms with Gasteiger partial charge in [0.15, 0.2) is 5.78 Å². The molecule has 0 saturated heterocycles.